The molecular formula is C20H19NO4S. The summed E-state index contributed by atoms with van der Waals surface area (Å²) in [6, 6.07) is 12.9. The number of para-hydroxylation sites is 1. The van der Waals surface area contributed by atoms with Gasteiger partial charge in [0.15, 0.2) is 17.3 Å². The molecule has 0 N–H and O–H groups in total. The van der Waals surface area contributed by atoms with Crippen LogP contribution in [0.2, 0.25) is 0 Å². The monoisotopic (exact) mass is 369 g/mol. The van der Waals surface area contributed by atoms with Crippen molar-refractivity contribution in [3.63, 3.8) is 0 Å². The Morgan fingerprint density at radius 3 is 2.54 bits per heavy atom. The van der Waals surface area contributed by atoms with Crippen molar-refractivity contribution < 1.29 is 19.0 Å². The predicted octanol–water partition coefficient (Wildman–Crippen LogP) is 4.61. The Morgan fingerprint density at radius 1 is 1.04 bits per heavy atom. The fourth-order valence-electron chi connectivity index (χ4n) is 2.48. The first-order valence-corrected chi connectivity index (χ1v) is 8.90. The lowest BCUT2D eigenvalue weighted by Gasteiger charge is -2.10. The summed E-state index contributed by atoms with van der Waals surface area (Å²) in [5, 5.41) is 2.83. The van der Waals surface area contributed by atoms with Crippen LogP contribution in [-0.2, 0) is 6.61 Å². The molecule has 1 heterocycles. The third-order valence-electron chi connectivity index (χ3n) is 3.83. The Labute approximate surface area is 156 Å². The average molecular weight is 369 g/mol. The van der Waals surface area contributed by atoms with Crippen LogP contribution in [0.25, 0.3) is 10.6 Å². The van der Waals surface area contributed by atoms with Crippen LogP contribution >= 0.6 is 11.3 Å². The van der Waals surface area contributed by atoms with Crippen LogP contribution in [0.1, 0.15) is 23.0 Å². The fourth-order valence-corrected chi connectivity index (χ4v) is 3.31. The quantitative estimate of drug-likeness (QED) is 0.569. The molecule has 0 fully saturated rings. The summed E-state index contributed by atoms with van der Waals surface area (Å²) < 4.78 is 16.5. The highest BCUT2D eigenvalue weighted by atomic mass is 32.1. The number of benzene rings is 2. The predicted molar refractivity (Wildman–Crippen MR) is 101 cm³/mol. The molecule has 26 heavy (non-hydrogen) atoms. The standard InChI is InChI=1S/C20H19NO4S/c1-13(22)14-8-9-18(19(10-14)24-3)25-11-15-12-26-20(21-15)16-6-4-5-7-17(16)23-2/h4-10,12H,11H2,1-3H3. The summed E-state index contributed by atoms with van der Waals surface area (Å²) in [6.45, 7) is 1.82. The average Bonchev–Trinajstić information content (AvgIpc) is 3.14. The lowest BCUT2D eigenvalue weighted by molar-refractivity contribution is 0.101. The van der Waals surface area contributed by atoms with Gasteiger partial charge in [0.2, 0.25) is 0 Å². The van der Waals surface area contributed by atoms with Gasteiger partial charge >= 0.3 is 0 Å². The zero-order chi connectivity index (χ0) is 18.5. The molecule has 0 saturated carbocycles. The second kappa shape index (κ2) is 8.01. The second-order valence-electron chi connectivity index (χ2n) is 5.55. The van der Waals surface area contributed by atoms with Crippen molar-refractivity contribution >= 4 is 17.1 Å². The Hall–Kier alpha value is -2.86. The number of thiazole rings is 1. The molecule has 5 nitrogen and oxygen atoms in total. The maximum Gasteiger partial charge on any atom is 0.161 e. The Kier molecular flexibility index (Phi) is 5.53. The summed E-state index contributed by atoms with van der Waals surface area (Å²) in [6.07, 6.45) is 0. The first-order valence-electron chi connectivity index (χ1n) is 8.02. The molecule has 0 saturated heterocycles. The molecule has 0 bridgehead atoms. The highest BCUT2D eigenvalue weighted by Gasteiger charge is 2.12. The van der Waals surface area contributed by atoms with Gasteiger partial charge < -0.3 is 14.2 Å². The third kappa shape index (κ3) is 3.86. The number of ketones is 1. The number of hydrogen-bond acceptors (Lipinski definition) is 6. The van der Waals surface area contributed by atoms with Crippen LogP contribution in [0.15, 0.2) is 47.8 Å². The topological polar surface area (TPSA) is 57.7 Å². The molecule has 1 aromatic heterocycles. The van der Waals surface area contributed by atoms with Crippen LogP contribution in [-0.4, -0.2) is 25.0 Å². The van der Waals surface area contributed by atoms with Gasteiger partial charge in [-0.25, -0.2) is 4.98 Å². The highest BCUT2D eigenvalue weighted by molar-refractivity contribution is 7.13. The first kappa shape index (κ1) is 17.9. The smallest absolute Gasteiger partial charge is 0.161 e. The van der Waals surface area contributed by atoms with Gasteiger partial charge in [-0.05, 0) is 37.3 Å². The number of rotatable bonds is 7. The van der Waals surface area contributed by atoms with Gasteiger partial charge in [-0.1, -0.05) is 12.1 Å². The zero-order valence-corrected chi connectivity index (χ0v) is 15.6. The zero-order valence-electron chi connectivity index (χ0n) is 14.8. The van der Waals surface area contributed by atoms with E-state index in [2.05, 4.69) is 4.98 Å². The summed E-state index contributed by atoms with van der Waals surface area (Å²) >= 11 is 1.54. The summed E-state index contributed by atoms with van der Waals surface area (Å²) in [5.74, 6) is 1.87. The van der Waals surface area contributed by atoms with Gasteiger partial charge in [0.05, 0.1) is 25.5 Å². The number of ether oxygens (including phenoxy) is 3. The Bertz CT molecular complexity index is 920. The minimum atomic E-state index is -0.0178. The molecule has 0 spiro atoms. The van der Waals surface area contributed by atoms with E-state index in [1.165, 1.54) is 18.3 Å². The van der Waals surface area contributed by atoms with E-state index in [1.54, 1.807) is 32.4 Å². The minimum Gasteiger partial charge on any atom is -0.496 e. The maximum absolute atomic E-state index is 11.5. The molecule has 0 unspecified atom stereocenters. The Morgan fingerprint density at radius 2 is 1.81 bits per heavy atom. The molecule has 0 amide bonds. The maximum atomic E-state index is 11.5. The van der Waals surface area contributed by atoms with E-state index in [4.69, 9.17) is 14.2 Å². The molecule has 0 aliphatic heterocycles. The number of carbonyl (C=O) groups is 1. The van der Waals surface area contributed by atoms with Gasteiger partial charge in [0.1, 0.15) is 17.4 Å². The highest BCUT2D eigenvalue weighted by Crippen LogP contribution is 2.33. The molecule has 3 rings (SSSR count). The van der Waals surface area contributed by atoms with Crippen molar-refractivity contribution in [2.45, 2.75) is 13.5 Å². The van der Waals surface area contributed by atoms with Gasteiger partial charge in [-0.15, -0.1) is 11.3 Å². The lowest BCUT2D eigenvalue weighted by atomic mass is 10.1. The first-order chi connectivity index (χ1) is 12.6. The molecule has 0 aliphatic rings. The van der Waals surface area contributed by atoms with E-state index in [9.17, 15) is 4.79 Å². The van der Waals surface area contributed by atoms with E-state index in [0.717, 1.165) is 22.0 Å². The van der Waals surface area contributed by atoms with Gasteiger partial charge in [-0.3, -0.25) is 4.79 Å². The van der Waals surface area contributed by atoms with Crippen molar-refractivity contribution in [1.82, 2.24) is 4.98 Å². The van der Waals surface area contributed by atoms with Crippen LogP contribution < -0.4 is 14.2 Å². The van der Waals surface area contributed by atoms with E-state index >= 15 is 0 Å². The van der Waals surface area contributed by atoms with Gasteiger partial charge in [0.25, 0.3) is 0 Å². The van der Waals surface area contributed by atoms with Crippen molar-refractivity contribution in [3.8, 4) is 27.8 Å². The van der Waals surface area contributed by atoms with E-state index < -0.39 is 0 Å². The molecule has 6 heteroatoms. The molecular weight excluding hydrogens is 350 g/mol. The number of hydrogen-bond donors (Lipinski definition) is 0. The second-order valence-corrected chi connectivity index (χ2v) is 6.41. The van der Waals surface area contributed by atoms with Crippen LogP contribution in [0.5, 0.6) is 17.2 Å². The van der Waals surface area contributed by atoms with E-state index in [1.807, 2.05) is 29.6 Å². The number of Topliss-reactive ketones (excluding diaryl/α,β-unsaturated/α-hetero) is 1. The third-order valence-corrected chi connectivity index (χ3v) is 4.76. The van der Waals surface area contributed by atoms with Crippen LogP contribution in [0, 0.1) is 0 Å². The minimum absolute atomic E-state index is 0.0178. The van der Waals surface area contributed by atoms with Crippen molar-refractivity contribution in [1.29, 1.82) is 0 Å². The number of methoxy groups -OCH3 is 2. The van der Waals surface area contributed by atoms with Gasteiger partial charge in [-0.2, -0.15) is 0 Å². The summed E-state index contributed by atoms with van der Waals surface area (Å²) in [7, 11) is 3.20. The molecule has 134 valence electrons. The SMILES string of the molecule is COc1cc(C(C)=O)ccc1OCc1csc(-c2ccccc2OC)n1. The van der Waals surface area contributed by atoms with Crippen molar-refractivity contribution in [2.75, 3.05) is 14.2 Å². The summed E-state index contributed by atoms with van der Waals surface area (Å²) in [5.41, 5.74) is 2.35. The molecule has 0 atom stereocenters. The normalized spacial score (nSPS) is 10.4. The fraction of sp³-hybridized carbons (Fsp3) is 0.200. The molecule has 0 radical (unpaired) electrons. The van der Waals surface area contributed by atoms with E-state index in [-0.39, 0.29) is 5.78 Å². The van der Waals surface area contributed by atoms with Crippen molar-refractivity contribution in [2.24, 2.45) is 0 Å². The number of carbonyl (C=O) groups excluding carboxylic acids is 1. The Balaban J connectivity index is 1.75. The van der Waals surface area contributed by atoms with E-state index in [0.29, 0.717) is 23.7 Å². The van der Waals surface area contributed by atoms with Crippen molar-refractivity contribution in [3.05, 3.63) is 59.1 Å². The number of aromatic nitrogens is 1. The largest absolute Gasteiger partial charge is 0.496 e. The number of nitrogens with zero attached hydrogens (tertiary/aromatic N) is 1. The molecule has 3 aromatic rings. The molecule has 0 aliphatic carbocycles. The lowest BCUT2D eigenvalue weighted by Crippen LogP contribution is -2.00. The van der Waals surface area contributed by atoms with Crippen LogP contribution in [0.4, 0.5) is 0 Å². The van der Waals surface area contributed by atoms with Gasteiger partial charge in [0, 0.05) is 10.9 Å². The summed E-state index contributed by atoms with van der Waals surface area (Å²) in [4.78, 5) is 16.1. The van der Waals surface area contributed by atoms with Crippen LogP contribution in [0.3, 0.4) is 0 Å². The molecule has 2 aromatic carbocycles.